The van der Waals surface area contributed by atoms with Crippen LogP contribution < -0.4 is 0 Å². The normalized spacial score (nSPS) is 25.7. The second-order valence-electron chi connectivity index (χ2n) is 10.7. The molecule has 35 heavy (non-hydrogen) atoms. The molecule has 2 saturated heterocycles. The number of hydrogen-bond donors (Lipinski definition) is 2. The Hall–Kier alpha value is -3.04. The van der Waals surface area contributed by atoms with E-state index in [2.05, 4.69) is 43.5 Å². The lowest BCUT2D eigenvalue weighted by atomic mass is 9.75. The zero-order valence-corrected chi connectivity index (χ0v) is 20.8. The van der Waals surface area contributed by atoms with E-state index in [9.17, 15) is 10.2 Å². The summed E-state index contributed by atoms with van der Waals surface area (Å²) < 4.78 is 1.21. The van der Waals surface area contributed by atoms with Gasteiger partial charge in [0.2, 0.25) is 0 Å². The molecule has 0 aromatic heterocycles. The molecule has 0 saturated carbocycles. The fraction of sp³-hybridized carbons (Fsp3) is 0.375. The summed E-state index contributed by atoms with van der Waals surface area (Å²) in [4.78, 5) is 0. The van der Waals surface area contributed by atoms with Crippen LogP contribution in [-0.2, 0) is 6.42 Å². The molecule has 3 nitrogen and oxygen atoms in total. The third-order valence-electron chi connectivity index (χ3n) is 8.63. The second-order valence-corrected chi connectivity index (χ2v) is 10.7. The molecule has 2 bridgehead atoms. The van der Waals surface area contributed by atoms with Gasteiger partial charge in [-0.3, -0.25) is 0 Å². The van der Waals surface area contributed by atoms with E-state index in [4.69, 9.17) is 0 Å². The maximum Gasteiger partial charge on any atom is 0.123 e. The monoisotopic (exact) mass is 468 g/mol. The maximum absolute atomic E-state index is 10.7. The number of allylic oxidation sites excluding steroid dienone is 1. The SMILES string of the molecule is C[N+]1(CCCc2ccccc2)C2CCCC1CC(C=C(c1ccccc1O)c1ccccc1O)C2. The van der Waals surface area contributed by atoms with Crippen LogP contribution in [0.1, 0.15) is 55.2 Å². The van der Waals surface area contributed by atoms with Crippen LogP contribution >= 0.6 is 0 Å². The average molecular weight is 469 g/mol. The number of phenolic OH excluding ortho intramolecular Hbond substituents is 2. The summed E-state index contributed by atoms with van der Waals surface area (Å²) in [5.41, 5.74) is 3.98. The lowest BCUT2D eigenvalue weighted by molar-refractivity contribution is -0.967. The van der Waals surface area contributed by atoms with Crippen molar-refractivity contribution in [3.05, 3.63) is 102 Å². The van der Waals surface area contributed by atoms with E-state index in [1.807, 2.05) is 36.4 Å². The van der Waals surface area contributed by atoms with Crippen molar-refractivity contribution in [2.24, 2.45) is 5.92 Å². The van der Waals surface area contributed by atoms with Crippen molar-refractivity contribution in [1.29, 1.82) is 0 Å². The molecule has 0 spiro atoms. The minimum absolute atomic E-state index is 0.263. The number of hydrogen-bond acceptors (Lipinski definition) is 2. The van der Waals surface area contributed by atoms with Gasteiger partial charge in [-0.25, -0.2) is 0 Å². The van der Waals surface area contributed by atoms with E-state index >= 15 is 0 Å². The molecule has 3 aromatic rings. The highest BCUT2D eigenvalue weighted by Gasteiger charge is 2.47. The quantitative estimate of drug-likeness (QED) is 0.369. The highest BCUT2D eigenvalue weighted by molar-refractivity contribution is 5.85. The van der Waals surface area contributed by atoms with Gasteiger partial charge in [-0.05, 0) is 54.9 Å². The van der Waals surface area contributed by atoms with Crippen LogP contribution in [0, 0.1) is 5.92 Å². The summed E-state index contributed by atoms with van der Waals surface area (Å²) in [6.45, 7) is 1.24. The van der Waals surface area contributed by atoms with Gasteiger partial charge in [0.05, 0.1) is 25.7 Å². The Labute approximate surface area is 210 Å². The summed E-state index contributed by atoms with van der Waals surface area (Å²) in [6.07, 6.45) is 11.0. The molecule has 2 N–H and O–H groups in total. The van der Waals surface area contributed by atoms with Crippen molar-refractivity contribution in [3.63, 3.8) is 0 Å². The molecule has 3 aromatic carbocycles. The summed E-state index contributed by atoms with van der Waals surface area (Å²) in [7, 11) is 2.51. The molecule has 2 aliphatic rings. The number of rotatable bonds is 7. The van der Waals surface area contributed by atoms with Crippen LogP contribution in [0.25, 0.3) is 5.57 Å². The molecule has 182 valence electrons. The van der Waals surface area contributed by atoms with Gasteiger partial charge < -0.3 is 14.7 Å². The van der Waals surface area contributed by atoms with Gasteiger partial charge in [-0.15, -0.1) is 0 Å². The maximum atomic E-state index is 10.7. The third-order valence-corrected chi connectivity index (χ3v) is 8.63. The summed E-state index contributed by atoms with van der Waals surface area (Å²) in [5.74, 6) is 0.971. The summed E-state index contributed by atoms with van der Waals surface area (Å²) in [6, 6.07) is 27.2. The highest BCUT2D eigenvalue weighted by atomic mass is 16.3. The van der Waals surface area contributed by atoms with E-state index < -0.39 is 0 Å². The molecule has 2 aliphatic heterocycles. The lowest BCUT2D eigenvalue weighted by Gasteiger charge is -2.55. The van der Waals surface area contributed by atoms with Crippen LogP contribution in [0.2, 0.25) is 0 Å². The smallest absolute Gasteiger partial charge is 0.123 e. The van der Waals surface area contributed by atoms with Crippen LogP contribution in [-0.4, -0.2) is 40.4 Å². The molecule has 0 amide bonds. The minimum Gasteiger partial charge on any atom is -0.507 e. The molecule has 2 unspecified atom stereocenters. The Morgan fingerprint density at radius 2 is 1.34 bits per heavy atom. The molecule has 2 atom stereocenters. The summed E-state index contributed by atoms with van der Waals surface area (Å²) in [5, 5.41) is 21.3. The van der Waals surface area contributed by atoms with E-state index in [1.165, 1.54) is 55.1 Å². The molecule has 3 heteroatoms. The number of nitrogens with zero attached hydrogens (tertiary/aromatic N) is 1. The average Bonchev–Trinajstić information content (AvgIpc) is 2.85. The van der Waals surface area contributed by atoms with Gasteiger partial charge in [-0.2, -0.15) is 0 Å². The first-order valence-electron chi connectivity index (χ1n) is 13.2. The standard InChI is InChI=1S/C32H37NO2/c1-33(20-10-13-24-11-3-2-4-12-24)26-14-9-15-27(33)22-25(21-26)23-30(28-16-5-7-18-31(28)34)29-17-6-8-19-32(29)35/h2-8,11-12,16-19,23,25-27H,9-10,13-15,20-22H2,1H3,(H-,34,35)/p+1. The number of para-hydroxylation sites is 2. The van der Waals surface area contributed by atoms with Gasteiger partial charge in [0.25, 0.3) is 0 Å². The van der Waals surface area contributed by atoms with Gasteiger partial charge >= 0.3 is 0 Å². The van der Waals surface area contributed by atoms with Crippen molar-refractivity contribution in [1.82, 2.24) is 0 Å². The Bertz CT molecular complexity index is 1110. The highest BCUT2D eigenvalue weighted by Crippen LogP contribution is 2.44. The van der Waals surface area contributed by atoms with Crippen molar-refractivity contribution >= 4 is 5.57 Å². The lowest BCUT2D eigenvalue weighted by Crippen LogP contribution is -2.64. The zero-order valence-electron chi connectivity index (χ0n) is 20.8. The third kappa shape index (κ3) is 5.01. The first kappa shape index (κ1) is 23.7. The van der Waals surface area contributed by atoms with Gasteiger partial charge in [0.15, 0.2) is 0 Å². The second kappa shape index (κ2) is 10.3. The fourth-order valence-corrected chi connectivity index (χ4v) is 6.72. The molecule has 5 rings (SSSR count). The number of benzene rings is 3. The van der Waals surface area contributed by atoms with Crippen molar-refractivity contribution in [2.75, 3.05) is 13.6 Å². The number of quaternary nitrogens is 1. The zero-order chi connectivity index (χ0) is 24.3. The van der Waals surface area contributed by atoms with Crippen LogP contribution in [0.15, 0.2) is 84.9 Å². The summed E-state index contributed by atoms with van der Waals surface area (Å²) >= 11 is 0. The van der Waals surface area contributed by atoms with Crippen molar-refractivity contribution in [3.8, 4) is 11.5 Å². The topological polar surface area (TPSA) is 40.5 Å². The van der Waals surface area contributed by atoms with Crippen molar-refractivity contribution < 1.29 is 14.7 Å². The number of piperidine rings is 2. The van der Waals surface area contributed by atoms with Crippen LogP contribution in [0.4, 0.5) is 0 Å². The first-order valence-corrected chi connectivity index (χ1v) is 13.2. The Morgan fingerprint density at radius 3 is 1.91 bits per heavy atom. The largest absolute Gasteiger partial charge is 0.507 e. The predicted octanol–water partition coefficient (Wildman–Crippen LogP) is 6.94. The Kier molecular flexibility index (Phi) is 6.97. The molecule has 0 radical (unpaired) electrons. The predicted molar refractivity (Wildman–Crippen MR) is 143 cm³/mol. The number of aromatic hydroxyl groups is 2. The minimum atomic E-state index is 0.263. The van der Waals surface area contributed by atoms with Crippen LogP contribution in [0.5, 0.6) is 11.5 Å². The van der Waals surface area contributed by atoms with Crippen LogP contribution in [0.3, 0.4) is 0 Å². The number of phenols is 2. The van der Waals surface area contributed by atoms with E-state index in [0.29, 0.717) is 18.0 Å². The molecule has 0 aliphatic carbocycles. The Morgan fingerprint density at radius 1 is 0.800 bits per heavy atom. The van der Waals surface area contributed by atoms with Gasteiger partial charge in [-0.1, -0.05) is 72.8 Å². The van der Waals surface area contributed by atoms with E-state index in [0.717, 1.165) is 23.1 Å². The van der Waals surface area contributed by atoms with E-state index in [1.54, 1.807) is 12.1 Å². The first-order chi connectivity index (χ1) is 17.0. The molecular formula is C32H38NO2+. The number of fused-ring (bicyclic) bond motifs is 2. The molecule has 2 fully saturated rings. The van der Waals surface area contributed by atoms with E-state index in [-0.39, 0.29) is 11.5 Å². The fourth-order valence-electron chi connectivity index (χ4n) is 6.72. The van der Waals surface area contributed by atoms with Gasteiger partial charge in [0, 0.05) is 30.4 Å². The Balaban J connectivity index is 1.39. The van der Waals surface area contributed by atoms with Crippen molar-refractivity contribution in [2.45, 2.75) is 57.0 Å². The molecular weight excluding hydrogens is 430 g/mol. The molecule has 2 heterocycles. The number of aryl methyl sites for hydroxylation is 1. The van der Waals surface area contributed by atoms with Gasteiger partial charge in [0.1, 0.15) is 11.5 Å².